The van der Waals surface area contributed by atoms with Gasteiger partial charge in [-0.3, -0.25) is 0 Å². The molecule has 0 atom stereocenters. The second kappa shape index (κ2) is 6.32. The van der Waals surface area contributed by atoms with Crippen LogP contribution in [-0.2, 0) is 6.18 Å². The largest absolute Gasteiger partial charge is 0.478 e. The first-order valence-corrected chi connectivity index (χ1v) is 7.00. The zero-order valence-electron chi connectivity index (χ0n) is 12.6. The molecule has 23 heavy (non-hydrogen) atoms. The van der Waals surface area contributed by atoms with Crippen LogP contribution in [0.15, 0.2) is 48.5 Å². The normalized spacial score (nSPS) is 11.6. The van der Waals surface area contributed by atoms with Crippen LogP contribution in [0.1, 0.15) is 29.8 Å². The highest BCUT2D eigenvalue weighted by molar-refractivity contribution is 5.95. The van der Waals surface area contributed by atoms with E-state index < -0.39 is 17.7 Å². The second-order valence-electron chi connectivity index (χ2n) is 5.33. The van der Waals surface area contributed by atoms with Crippen LogP contribution in [0, 0.1) is 0 Å². The van der Waals surface area contributed by atoms with E-state index in [4.69, 9.17) is 0 Å². The van der Waals surface area contributed by atoms with Gasteiger partial charge in [0.15, 0.2) is 0 Å². The number of aromatic carboxylic acids is 1. The van der Waals surface area contributed by atoms with Crippen molar-refractivity contribution in [3.63, 3.8) is 0 Å². The summed E-state index contributed by atoms with van der Waals surface area (Å²) < 4.78 is 38.8. The molecule has 1 N–H and O–H groups in total. The zero-order chi connectivity index (χ0) is 17.2. The second-order valence-corrected chi connectivity index (χ2v) is 5.33. The van der Waals surface area contributed by atoms with E-state index in [1.807, 2.05) is 0 Å². The fourth-order valence-electron chi connectivity index (χ4n) is 2.41. The summed E-state index contributed by atoms with van der Waals surface area (Å²) in [5.74, 6) is -1.13. The van der Waals surface area contributed by atoms with Gasteiger partial charge in [-0.25, -0.2) is 4.79 Å². The van der Waals surface area contributed by atoms with Gasteiger partial charge in [-0.15, -0.1) is 0 Å². The summed E-state index contributed by atoms with van der Waals surface area (Å²) >= 11 is 0. The third kappa shape index (κ3) is 3.64. The molecular formula is C17H16F3NO2. The van der Waals surface area contributed by atoms with Crippen molar-refractivity contribution < 1.29 is 23.1 Å². The lowest BCUT2D eigenvalue weighted by Crippen LogP contribution is -2.27. The van der Waals surface area contributed by atoms with E-state index in [0.29, 0.717) is 11.4 Å². The standard InChI is InChI=1S/C17H16F3NO2/c1-11(2)21(15-9-4-3-8-14(15)16(22)23)13-7-5-6-12(10-13)17(18,19)20/h3-11H,1-2H3,(H,22,23). The lowest BCUT2D eigenvalue weighted by molar-refractivity contribution is -0.137. The lowest BCUT2D eigenvalue weighted by Gasteiger charge is -2.30. The molecule has 3 nitrogen and oxygen atoms in total. The predicted molar refractivity (Wildman–Crippen MR) is 82.1 cm³/mol. The summed E-state index contributed by atoms with van der Waals surface area (Å²) in [6, 6.07) is 10.9. The summed E-state index contributed by atoms with van der Waals surface area (Å²) in [7, 11) is 0. The molecule has 0 aromatic heterocycles. The molecule has 2 rings (SSSR count). The Labute approximate surface area is 132 Å². The number of halogens is 3. The minimum Gasteiger partial charge on any atom is -0.478 e. The quantitative estimate of drug-likeness (QED) is 0.865. The molecule has 0 aliphatic heterocycles. The van der Waals surface area contributed by atoms with Gasteiger partial charge in [-0.2, -0.15) is 13.2 Å². The molecule has 0 bridgehead atoms. The Balaban J connectivity index is 2.59. The average Bonchev–Trinajstić information content (AvgIpc) is 2.47. The summed E-state index contributed by atoms with van der Waals surface area (Å²) in [5, 5.41) is 9.32. The van der Waals surface area contributed by atoms with E-state index in [0.717, 1.165) is 12.1 Å². The van der Waals surface area contributed by atoms with Gasteiger partial charge >= 0.3 is 12.1 Å². The van der Waals surface area contributed by atoms with Crippen molar-refractivity contribution in [2.75, 3.05) is 4.90 Å². The highest BCUT2D eigenvalue weighted by Gasteiger charge is 2.31. The van der Waals surface area contributed by atoms with E-state index >= 15 is 0 Å². The van der Waals surface area contributed by atoms with Crippen LogP contribution in [0.2, 0.25) is 0 Å². The van der Waals surface area contributed by atoms with Gasteiger partial charge in [0.1, 0.15) is 0 Å². The van der Waals surface area contributed by atoms with Gasteiger partial charge < -0.3 is 10.0 Å². The fraction of sp³-hybridized carbons (Fsp3) is 0.235. The van der Waals surface area contributed by atoms with Crippen molar-refractivity contribution in [2.24, 2.45) is 0 Å². The van der Waals surface area contributed by atoms with E-state index in [-0.39, 0.29) is 11.6 Å². The van der Waals surface area contributed by atoms with Gasteiger partial charge in [0, 0.05) is 11.7 Å². The van der Waals surface area contributed by atoms with Crippen molar-refractivity contribution >= 4 is 17.3 Å². The number of carbonyl (C=O) groups is 1. The fourth-order valence-corrected chi connectivity index (χ4v) is 2.41. The predicted octanol–water partition coefficient (Wildman–Crippen LogP) is 4.95. The van der Waals surface area contributed by atoms with Gasteiger partial charge in [-0.05, 0) is 44.2 Å². The van der Waals surface area contributed by atoms with Crippen molar-refractivity contribution in [2.45, 2.75) is 26.1 Å². The molecule has 0 amide bonds. The van der Waals surface area contributed by atoms with Crippen molar-refractivity contribution in [1.29, 1.82) is 0 Å². The smallest absolute Gasteiger partial charge is 0.416 e. The molecule has 0 heterocycles. The first-order chi connectivity index (χ1) is 10.7. The van der Waals surface area contributed by atoms with Crippen LogP contribution < -0.4 is 4.90 Å². The Morgan fingerprint density at radius 3 is 2.30 bits per heavy atom. The number of anilines is 2. The van der Waals surface area contributed by atoms with Crippen molar-refractivity contribution in [1.82, 2.24) is 0 Å². The molecule has 122 valence electrons. The maximum atomic E-state index is 12.9. The third-order valence-corrected chi connectivity index (χ3v) is 3.36. The number of alkyl halides is 3. The highest BCUT2D eigenvalue weighted by atomic mass is 19.4. The minimum atomic E-state index is -4.45. The number of nitrogens with zero attached hydrogens (tertiary/aromatic N) is 1. The lowest BCUT2D eigenvalue weighted by atomic mass is 10.1. The highest BCUT2D eigenvalue weighted by Crippen LogP contribution is 2.35. The molecule has 0 saturated carbocycles. The molecule has 6 heteroatoms. The molecule has 2 aromatic carbocycles. The molecule has 0 fully saturated rings. The molecule has 0 aliphatic rings. The van der Waals surface area contributed by atoms with Gasteiger partial charge in [-0.1, -0.05) is 18.2 Å². The molecule has 0 saturated heterocycles. The Kier molecular flexibility index (Phi) is 4.63. The molecule has 2 aromatic rings. The Morgan fingerprint density at radius 1 is 1.09 bits per heavy atom. The van der Waals surface area contributed by atoms with Crippen LogP contribution in [0.4, 0.5) is 24.5 Å². The SMILES string of the molecule is CC(C)N(c1cccc(C(F)(F)F)c1)c1ccccc1C(=O)O. The maximum absolute atomic E-state index is 12.9. The number of carboxylic acids is 1. The molecule has 0 spiro atoms. The number of benzene rings is 2. The van der Waals surface area contributed by atoms with Crippen LogP contribution >= 0.6 is 0 Å². The van der Waals surface area contributed by atoms with Gasteiger partial charge in [0.05, 0.1) is 16.8 Å². The average molecular weight is 323 g/mol. The molecule has 0 radical (unpaired) electrons. The topological polar surface area (TPSA) is 40.5 Å². The van der Waals surface area contributed by atoms with E-state index in [1.165, 1.54) is 18.2 Å². The Bertz CT molecular complexity index is 711. The molecular weight excluding hydrogens is 307 g/mol. The number of carboxylic acid groups (broad SMARTS) is 1. The van der Waals surface area contributed by atoms with Crippen LogP contribution in [0.25, 0.3) is 0 Å². The molecule has 0 aliphatic carbocycles. The zero-order valence-corrected chi connectivity index (χ0v) is 12.6. The van der Waals surface area contributed by atoms with Crippen LogP contribution in [0.5, 0.6) is 0 Å². The van der Waals surface area contributed by atoms with Gasteiger partial charge in [0.25, 0.3) is 0 Å². The molecule has 0 unspecified atom stereocenters. The van der Waals surface area contributed by atoms with E-state index in [9.17, 15) is 23.1 Å². The summed E-state index contributed by atoms with van der Waals surface area (Å²) in [6.45, 7) is 3.58. The number of rotatable bonds is 4. The van der Waals surface area contributed by atoms with Crippen molar-refractivity contribution in [3.8, 4) is 0 Å². The van der Waals surface area contributed by atoms with Crippen molar-refractivity contribution in [3.05, 3.63) is 59.7 Å². The number of para-hydroxylation sites is 1. The summed E-state index contributed by atoms with van der Waals surface area (Å²) in [5.41, 5.74) is -0.0788. The van der Waals surface area contributed by atoms with Gasteiger partial charge in [0.2, 0.25) is 0 Å². The number of hydrogen-bond donors (Lipinski definition) is 1. The van der Waals surface area contributed by atoms with E-state index in [1.54, 1.807) is 36.9 Å². The first-order valence-electron chi connectivity index (χ1n) is 7.00. The van der Waals surface area contributed by atoms with Crippen LogP contribution in [0.3, 0.4) is 0 Å². The maximum Gasteiger partial charge on any atom is 0.416 e. The number of hydrogen-bond acceptors (Lipinski definition) is 2. The third-order valence-electron chi connectivity index (χ3n) is 3.36. The first kappa shape index (κ1) is 16.9. The Hall–Kier alpha value is -2.50. The van der Waals surface area contributed by atoms with Crippen LogP contribution in [-0.4, -0.2) is 17.1 Å². The monoisotopic (exact) mass is 323 g/mol. The Morgan fingerprint density at radius 2 is 1.74 bits per heavy atom. The summed E-state index contributed by atoms with van der Waals surface area (Å²) in [6.07, 6.45) is -4.45. The summed E-state index contributed by atoms with van der Waals surface area (Å²) in [4.78, 5) is 13.0. The minimum absolute atomic E-state index is 0.0404. The van der Waals surface area contributed by atoms with E-state index in [2.05, 4.69) is 0 Å².